The van der Waals surface area contributed by atoms with E-state index in [0.717, 1.165) is 5.56 Å². The van der Waals surface area contributed by atoms with Gasteiger partial charge in [0.2, 0.25) is 11.8 Å². The van der Waals surface area contributed by atoms with E-state index < -0.39 is 5.54 Å². The second-order valence-corrected chi connectivity index (χ2v) is 8.90. The quantitative estimate of drug-likeness (QED) is 0.434. The van der Waals surface area contributed by atoms with Crippen LogP contribution in [0, 0.1) is 11.3 Å². The molecule has 1 aromatic carbocycles. The van der Waals surface area contributed by atoms with E-state index in [9.17, 15) is 5.26 Å². The smallest absolute Gasteiger partial charge is 0.228 e. The van der Waals surface area contributed by atoms with Gasteiger partial charge in [-0.1, -0.05) is 41.4 Å². The fourth-order valence-corrected chi connectivity index (χ4v) is 4.60. The average molecular weight is 495 g/mol. The van der Waals surface area contributed by atoms with Gasteiger partial charge in [-0.2, -0.15) is 15.3 Å². The summed E-state index contributed by atoms with van der Waals surface area (Å²) in [6.45, 7) is 1.25. The molecule has 0 saturated carbocycles. The number of nitriles is 1. The number of H-pyrrole nitrogens is 1. The van der Waals surface area contributed by atoms with Gasteiger partial charge in [-0.15, -0.1) is 0 Å². The number of rotatable bonds is 4. The van der Waals surface area contributed by atoms with Crippen LogP contribution in [0.3, 0.4) is 0 Å². The van der Waals surface area contributed by atoms with Gasteiger partial charge in [0.1, 0.15) is 11.8 Å². The Hall–Kier alpha value is -3.45. The number of halogens is 2. The summed E-state index contributed by atoms with van der Waals surface area (Å²) < 4.78 is 5.14. The zero-order valence-electron chi connectivity index (χ0n) is 18.2. The molecule has 0 radical (unpaired) electrons. The highest BCUT2D eigenvalue weighted by Crippen LogP contribution is 2.37. The lowest BCUT2D eigenvalue weighted by atomic mass is 9.83. The lowest BCUT2D eigenvalue weighted by Crippen LogP contribution is -2.48. The minimum absolute atomic E-state index is 0.212. The van der Waals surface area contributed by atoms with Crippen molar-refractivity contribution in [3.63, 3.8) is 0 Å². The van der Waals surface area contributed by atoms with Crippen molar-refractivity contribution in [3.8, 4) is 23.2 Å². The van der Waals surface area contributed by atoms with Crippen LogP contribution in [0.5, 0.6) is 5.88 Å². The molecule has 1 aliphatic heterocycles. The third-order valence-electron chi connectivity index (χ3n) is 6.18. The first-order chi connectivity index (χ1) is 16.4. The van der Waals surface area contributed by atoms with Gasteiger partial charge in [0, 0.05) is 36.5 Å². The molecule has 5 rings (SSSR count). The molecule has 0 bridgehead atoms. The Morgan fingerprint density at radius 1 is 1.18 bits per heavy atom. The SMILES string of the molecule is COc1ccc(C2(N)CCN(c3nc(C#N)c4c(-c5cccc(Cl)c5Cl)n[nH]c4n3)CC2)cn1. The summed E-state index contributed by atoms with van der Waals surface area (Å²) in [5.41, 5.74) is 8.91. The van der Waals surface area contributed by atoms with Crippen molar-refractivity contribution < 1.29 is 4.74 Å². The molecule has 0 spiro atoms. The van der Waals surface area contributed by atoms with Gasteiger partial charge in [-0.25, -0.2) is 9.97 Å². The van der Waals surface area contributed by atoms with Crippen molar-refractivity contribution in [1.29, 1.82) is 5.26 Å². The molecule has 34 heavy (non-hydrogen) atoms. The maximum atomic E-state index is 9.85. The number of aromatic nitrogens is 5. The van der Waals surface area contributed by atoms with E-state index in [2.05, 4.69) is 31.2 Å². The molecule has 3 aromatic heterocycles. The second kappa shape index (κ2) is 8.72. The molecule has 0 amide bonds. The molecule has 9 nitrogen and oxygen atoms in total. The van der Waals surface area contributed by atoms with Gasteiger partial charge in [0.05, 0.1) is 22.5 Å². The summed E-state index contributed by atoms with van der Waals surface area (Å²) in [5, 5.41) is 18.4. The molecule has 172 valence electrons. The van der Waals surface area contributed by atoms with Crippen LogP contribution in [0.25, 0.3) is 22.3 Å². The number of ether oxygens (including phenoxy) is 1. The van der Waals surface area contributed by atoms with E-state index in [1.165, 1.54) is 0 Å². The number of benzene rings is 1. The van der Waals surface area contributed by atoms with E-state index in [-0.39, 0.29) is 5.69 Å². The average Bonchev–Trinajstić information content (AvgIpc) is 3.29. The van der Waals surface area contributed by atoms with E-state index in [1.807, 2.05) is 17.0 Å². The number of pyridine rings is 1. The Kier molecular flexibility index (Phi) is 5.73. The van der Waals surface area contributed by atoms with Crippen molar-refractivity contribution in [1.82, 2.24) is 25.1 Å². The normalized spacial score (nSPS) is 15.3. The second-order valence-electron chi connectivity index (χ2n) is 8.11. The zero-order chi connectivity index (χ0) is 23.9. The van der Waals surface area contributed by atoms with Crippen molar-refractivity contribution in [3.05, 3.63) is 57.8 Å². The molecule has 1 aliphatic rings. The highest BCUT2D eigenvalue weighted by Gasteiger charge is 2.34. The number of anilines is 1. The predicted molar refractivity (Wildman–Crippen MR) is 130 cm³/mol. The van der Waals surface area contributed by atoms with E-state index in [0.29, 0.717) is 70.1 Å². The van der Waals surface area contributed by atoms with Gasteiger partial charge in [0.25, 0.3) is 0 Å². The summed E-state index contributed by atoms with van der Waals surface area (Å²) in [5.74, 6) is 1.000. The van der Waals surface area contributed by atoms with Crippen LogP contribution in [0.15, 0.2) is 36.5 Å². The zero-order valence-corrected chi connectivity index (χ0v) is 19.7. The molecule has 0 unspecified atom stereocenters. The summed E-state index contributed by atoms with van der Waals surface area (Å²) in [7, 11) is 1.58. The number of methoxy groups -OCH3 is 1. The molecule has 3 N–H and O–H groups in total. The number of nitrogens with one attached hydrogen (secondary N) is 1. The third-order valence-corrected chi connectivity index (χ3v) is 7.00. The van der Waals surface area contributed by atoms with Crippen LogP contribution in [0.1, 0.15) is 24.1 Å². The van der Waals surface area contributed by atoms with Crippen LogP contribution in [0.4, 0.5) is 5.95 Å². The molecule has 1 fully saturated rings. The van der Waals surface area contributed by atoms with Gasteiger partial charge in [-0.3, -0.25) is 5.10 Å². The summed E-state index contributed by atoms with van der Waals surface area (Å²) in [6.07, 6.45) is 3.12. The van der Waals surface area contributed by atoms with Crippen molar-refractivity contribution >= 4 is 40.2 Å². The van der Waals surface area contributed by atoms with Gasteiger partial charge in [-0.05, 0) is 24.5 Å². The minimum Gasteiger partial charge on any atom is -0.481 e. The van der Waals surface area contributed by atoms with Crippen molar-refractivity contribution in [2.24, 2.45) is 5.73 Å². The fraction of sp³-hybridized carbons (Fsp3) is 0.261. The van der Waals surface area contributed by atoms with Crippen LogP contribution < -0.4 is 15.4 Å². The molecule has 0 aliphatic carbocycles. The number of hydrogen-bond acceptors (Lipinski definition) is 8. The first-order valence-electron chi connectivity index (χ1n) is 10.6. The Balaban J connectivity index is 1.44. The summed E-state index contributed by atoms with van der Waals surface area (Å²) in [4.78, 5) is 15.5. The first kappa shape index (κ1) is 22.3. The van der Waals surface area contributed by atoms with E-state index in [4.69, 9.17) is 33.7 Å². The Labute approximate surface area is 205 Å². The number of fused-ring (bicyclic) bond motifs is 1. The molecular weight excluding hydrogens is 475 g/mol. The van der Waals surface area contributed by atoms with Gasteiger partial charge < -0.3 is 15.4 Å². The molecule has 0 atom stereocenters. The van der Waals surface area contributed by atoms with Crippen LogP contribution >= 0.6 is 23.2 Å². The summed E-state index contributed by atoms with van der Waals surface area (Å²) in [6, 6.07) is 11.2. The Bertz CT molecular complexity index is 1410. The highest BCUT2D eigenvalue weighted by molar-refractivity contribution is 6.43. The maximum absolute atomic E-state index is 9.85. The number of nitrogens with zero attached hydrogens (tertiary/aromatic N) is 6. The predicted octanol–water partition coefficient (Wildman–Crippen LogP) is 4.06. The molecule has 1 saturated heterocycles. The fourth-order valence-electron chi connectivity index (χ4n) is 4.21. The van der Waals surface area contributed by atoms with Crippen molar-refractivity contribution in [2.75, 3.05) is 25.1 Å². The first-order valence-corrected chi connectivity index (χ1v) is 11.3. The van der Waals surface area contributed by atoms with Crippen LogP contribution in [0.2, 0.25) is 10.0 Å². The van der Waals surface area contributed by atoms with E-state index >= 15 is 0 Å². The van der Waals surface area contributed by atoms with Gasteiger partial charge >= 0.3 is 0 Å². The lowest BCUT2D eigenvalue weighted by molar-refractivity contribution is 0.338. The largest absolute Gasteiger partial charge is 0.481 e. The number of aromatic amines is 1. The maximum Gasteiger partial charge on any atom is 0.228 e. The van der Waals surface area contributed by atoms with E-state index in [1.54, 1.807) is 31.5 Å². The summed E-state index contributed by atoms with van der Waals surface area (Å²) >= 11 is 12.6. The molecule has 4 heterocycles. The minimum atomic E-state index is -0.511. The van der Waals surface area contributed by atoms with Gasteiger partial charge in [0.15, 0.2) is 11.3 Å². The standard InChI is InChI=1S/C23H20Cl2N8O/c1-34-17-6-5-13(12-28-17)23(27)7-9-33(10-8-23)22-29-16(11-26)18-20(31-32-21(18)30-22)14-3-2-4-15(24)19(14)25/h2-6,12H,7-10,27H2,1H3,(H,29,30,31,32). The Morgan fingerprint density at radius 3 is 2.65 bits per heavy atom. The van der Waals surface area contributed by atoms with Crippen LogP contribution in [-0.4, -0.2) is 45.3 Å². The topological polar surface area (TPSA) is 130 Å². The lowest BCUT2D eigenvalue weighted by Gasteiger charge is -2.39. The number of piperidine rings is 1. The number of hydrogen-bond donors (Lipinski definition) is 2. The third kappa shape index (κ3) is 3.80. The molecular formula is C23H20Cl2N8O. The Morgan fingerprint density at radius 2 is 1.97 bits per heavy atom. The van der Waals surface area contributed by atoms with Crippen LogP contribution in [-0.2, 0) is 5.54 Å². The monoisotopic (exact) mass is 494 g/mol. The highest BCUT2D eigenvalue weighted by atomic mass is 35.5. The molecule has 4 aromatic rings. The number of nitrogens with two attached hydrogens (primary N) is 1. The van der Waals surface area contributed by atoms with Crippen molar-refractivity contribution in [2.45, 2.75) is 18.4 Å². The molecule has 11 heteroatoms.